The highest BCUT2D eigenvalue weighted by molar-refractivity contribution is 7.78. The molecule has 0 radical (unpaired) electrons. The third-order valence-corrected chi connectivity index (χ3v) is 5.82. The summed E-state index contributed by atoms with van der Waals surface area (Å²) in [4.78, 5) is 14.9. The number of nitrogens with zero attached hydrogens (tertiary/aromatic N) is 1. The van der Waals surface area contributed by atoms with Gasteiger partial charge in [-0.3, -0.25) is 4.79 Å². The van der Waals surface area contributed by atoms with Gasteiger partial charge in [-0.25, -0.2) is 0 Å². The molecule has 1 atom stereocenters. The van der Waals surface area contributed by atoms with Crippen molar-refractivity contribution < 1.29 is 14.3 Å². The fourth-order valence-corrected chi connectivity index (χ4v) is 4.10. The van der Waals surface area contributed by atoms with E-state index in [0.717, 1.165) is 55.0 Å². The maximum atomic E-state index is 12.9. The Labute approximate surface area is 194 Å². The fourth-order valence-electron chi connectivity index (χ4n) is 3.91. The Bertz CT molecular complexity index is 1020. The third-order valence-electron chi connectivity index (χ3n) is 5.65. The number of amides is 1. The van der Waals surface area contributed by atoms with E-state index in [9.17, 15) is 4.79 Å². The summed E-state index contributed by atoms with van der Waals surface area (Å²) in [6, 6.07) is 25.1. The predicted molar refractivity (Wildman–Crippen MR) is 131 cm³/mol. The molecule has 3 aromatic rings. The second kappa shape index (κ2) is 10.9. The van der Waals surface area contributed by atoms with Gasteiger partial charge < -0.3 is 14.4 Å². The van der Waals surface area contributed by atoms with Crippen LogP contribution in [0.3, 0.4) is 0 Å². The molecule has 0 saturated carbocycles. The van der Waals surface area contributed by atoms with Crippen LogP contribution in [0, 0.1) is 0 Å². The zero-order valence-corrected chi connectivity index (χ0v) is 18.8. The Balaban J connectivity index is 1.33. The van der Waals surface area contributed by atoms with Crippen LogP contribution in [0.5, 0.6) is 17.2 Å². The van der Waals surface area contributed by atoms with Crippen LogP contribution in [-0.2, 0) is 6.42 Å². The average Bonchev–Trinajstić information content (AvgIpc) is 2.85. The average molecular weight is 446 g/mol. The second-order valence-electron chi connectivity index (χ2n) is 7.91. The quantitative estimate of drug-likeness (QED) is 0.393. The summed E-state index contributed by atoms with van der Waals surface area (Å²) < 4.78 is 12.0. The molecule has 1 amide bonds. The molecular weight excluding hydrogens is 418 g/mol. The minimum atomic E-state index is 0.0817. The molecule has 0 aromatic heterocycles. The lowest BCUT2D eigenvalue weighted by Crippen LogP contribution is -2.46. The first-order valence-electron chi connectivity index (χ1n) is 11.0. The number of carbonyl (C=O) groups excluding carboxylic acids is 1. The molecule has 164 valence electrons. The van der Waals surface area contributed by atoms with Gasteiger partial charge in [-0.2, -0.15) is 0 Å². The van der Waals surface area contributed by atoms with Crippen molar-refractivity contribution in [3.05, 3.63) is 90.0 Å². The van der Waals surface area contributed by atoms with Gasteiger partial charge in [-0.05, 0) is 78.7 Å². The van der Waals surface area contributed by atoms with E-state index >= 15 is 0 Å². The minimum absolute atomic E-state index is 0.0817. The molecule has 0 aliphatic carbocycles. The van der Waals surface area contributed by atoms with Gasteiger partial charge in [-0.1, -0.05) is 42.5 Å². The van der Waals surface area contributed by atoms with Crippen molar-refractivity contribution in [2.24, 2.45) is 0 Å². The zero-order valence-electron chi connectivity index (χ0n) is 18.0. The molecule has 1 aliphatic heterocycles. The number of hydrogen-bond acceptors (Lipinski definition) is 4. The SMILES string of the molecule is O=C(c1ccccc1)N1CCCCC1COc1ccc(Oc2ccc(CC=S)cc2)cc1. The number of hydrogen-bond donors (Lipinski definition) is 0. The van der Waals surface area contributed by atoms with Crippen molar-refractivity contribution >= 4 is 23.5 Å². The van der Waals surface area contributed by atoms with E-state index in [1.165, 1.54) is 5.56 Å². The first kappa shape index (κ1) is 22.0. The van der Waals surface area contributed by atoms with Crippen LogP contribution >= 0.6 is 12.2 Å². The topological polar surface area (TPSA) is 38.8 Å². The van der Waals surface area contributed by atoms with Crippen molar-refractivity contribution in [1.29, 1.82) is 0 Å². The summed E-state index contributed by atoms with van der Waals surface area (Å²) in [5.74, 6) is 2.38. The Morgan fingerprint density at radius 3 is 2.25 bits per heavy atom. The monoisotopic (exact) mass is 445 g/mol. The first-order valence-corrected chi connectivity index (χ1v) is 11.5. The lowest BCUT2D eigenvalue weighted by Gasteiger charge is -2.35. The van der Waals surface area contributed by atoms with Crippen LogP contribution in [0.2, 0.25) is 0 Å². The summed E-state index contributed by atoms with van der Waals surface area (Å²) in [6.45, 7) is 1.26. The van der Waals surface area contributed by atoms with Gasteiger partial charge in [0, 0.05) is 18.5 Å². The van der Waals surface area contributed by atoms with E-state index in [2.05, 4.69) is 0 Å². The zero-order chi connectivity index (χ0) is 22.2. The highest BCUT2D eigenvalue weighted by atomic mass is 32.1. The summed E-state index contributed by atoms with van der Waals surface area (Å²) in [5.41, 5.74) is 1.90. The van der Waals surface area contributed by atoms with E-state index in [1.807, 2.05) is 83.8 Å². The molecule has 1 aliphatic rings. The number of piperidine rings is 1. The van der Waals surface area contributed by atoms with Crippen molar-refractivity contribution in [3.63, 3.8) is 0 Å². The molecule has 1 saturated heterocycles. The molecule has 0 spiro atoms. The summed E-state index contributed by atoms with van der Waals surface area (Å²) >= 11 is 4.90. The molecule has 3 aromatic carbocycles. The van der Waals surface area contributed by atoms with E-state index in [0.29, 0.717) is 6.61 Å². The summed E-state index contributed by atoms with van der Waals surface area (Å²) in [6.07, 6.45) is 3.88. The molecule has 0 bridgehead atoms. The summed E-state index contributed by atoms with van der Waals surface area (Å²) in [7, 11) is 0. The molecular formula is C27H27NO3S. The Morgan fingerprint density at radius 2 is 1.56 bits per heavy atom. The van der Waals surface area contributed by atoms with Crippen LogP contribution in [0.15, 0.2) is 78.9 Å². The van der Waals surface area contributed by atoms with Gasteiger partial charge in [-0.15, -0.1) is 0 Å². The van der Waals surface area contributed by atoms with E-state index in [-0.39, 0.29) is 11.9 Å². The lowest BCUT2D eigenvalue weighted by atomic mass is 10.0. The normalized spacial score (nSPS) is 15.8. The summed E-state index contributed by atoms with van der Waals surface area (Å²) in [5, 5.41) is 1.72. The third kappa shape index (κ3) is 5.74. The molecule has 0 N–H and O–H groups in total. The number of likely N-dealkylation sites (tertiary alicyclic amines) is 1. The number of ether oxygens (including phenoxy) is 2. The van der Waals surface area contributed by atoms with Crippen LogP contribution in [0.25, 0.3) is 0 Å². The molecule has 4 rings (SSSR count). The molecule has 32 heavy (non-hydrogen) atoms. The van der Waals surface area contributed by atoms with E-state index in [1.54, 1.807) is 5.37 Å². The van der Waals surface area contributed by atoms with Gasteiger partial charge in [0.15, 0.2) is 0 Å². The van der Waals surface area contributed by atoms with Crippen LogP contribution in [0.1, 0.15) is 35.2 Å². The molecule has 1 unspecified atom stereocenters. The number of rotatable bonds is 8. The molecule has 1 fully saturated rings. The van der Waals surface area contributed by atoms with Gasteiger partial charge in [0.05, 0.1) is 6.04 Å². The minimum Gasteiger partial charge on any atom is -0.491 e. The van der Waals surface area contributed by atoms with E-state index < -0.39 is 0 Å². The highest BCUT2D eigenvalue weighted by Crippen LogP contribution is 2.25. The maximum absolute atomic E-state index is 12.9. The van der Waals surface area contributed by atoms with Crippen molar-refractivity contribution in [1.82, 2.24) is 4.90 Å². The second-order valence-corrected chi connectivity index (χ2v) is 8.25. The standard InChI is InChI=1S/C27H27NO3S/c29-27(22-6-2-1-3-7-22)28-18-5-4-8-23(28)20-30-24-13-15-26(16-14-24)31-25-11-9-21(10-12-25)17-19-32/h1-3,6-7,9-16,19,23H,4-5,8,17-18,20H2. The van der Waals surface area contributed by atoms with Gasteiger partial charge in [0.25, 0.3) is 5.91 Å². The largest absolute Gasteiger partial charge is 0.491 e. The number of benzene rings is 3. The lowest BCUT2D eigenvalue weighted by molar-refractivity contribution is 0.0528. The maximum Gasteiger partial charge on any atom is 0.254 e. The Kier molecular flexibility index (Phi) is 7.51. The van der Waals surface area contributed by atoms with Crippen LogP contribution in [0.4, 0.5) is 0 Å². The molecule has 4 nitrogen and oxygen atoms in total. The van der Waals surface area contributed by atoms with Crippen LogP contribution < -0.4 is 9.47 Å². The van der Waals surface area contributed by atoms with Crippen molar-refractivity contribution in [2.45, 2.75) is 31.7 Å². The first-order chi connectivity index (χ1) is 15.7. The molecule has 5 heteroatoms. The van der Waals surface area contributed by atoms with Gasteiger partial charge in [0.1, 0.15) is 23.9 Å². The predicted octanol–water partition coefficient (Wildman–Crippen LogP) is 6.09. The van der Waals surface area contributed by atoms with Crippen molar-refractivity contribution in [2.75, 3.05) is 13.2 Å². The molecule has 1 heterocycles. The van der Waals surface area contributed by atoms with Gasteiger partial charge >= 0.3 is 0 Å². The van der Waals surface area contributed by atoms with Gasteiger partial charge in [0.2, 0.25) is 0 Å². The highest BCUT2D eigenvalue weighted by Gasteiger charge is 2.27. The smallest absolute Gasteiger partial charge is 0.254 e. The number of thiocarbonyl (C=S) groups is 1. The van der Waals surface area contributed by atoms with E-state index in [4.69, 9.17) is 21.7 Å². The van der Waals surface area contributed by atoms with Crippen LogP contribution in [-0.4, -0.2) is 35.4 Å². The number of carbonyl (C=O) groups is 1. The fraction of sp³-hybridized carbons (Fsp3) is 0.259. The van der Waals surface area contributed by atoms with Crippen molar-refractivity contribution in [3.8, 4) is 17.2 Å². The Morgan fingerprint density at radius 1 is 0.906 bits per heavy atom. The Hall–Kier alpha value is -3.18.